The fourth-order valence-corrected chi connectivity index (χ4v) is 2.69. The molecule has 112 valence electrons. The van der Waals surface area contributed by atoms with Crippen molar-refractivity contribution in [3.8, 4) is 0 Å². The van der Waals surface area contributed by atoms with Crippen molar-refractivity contribution in [2.75, 3.05) is 13.2 Å². The second kappa shape index (κ2) is 6.47. The Labute approximate surface area is 113 Å². The lowest BCUT2D eigenvalue weighted by Crippen LogP contribution is -2.49. The van der Waals surface area contributed by atoms with Crippen LogP contribution in [0.3, 0.4) is 0 Å². The highest BCUT2D eigenvalue weighted by molar-refractivity contribution is 4.80. The molecular weight excluding hydrogens is 252 g/mol. The summed E-state index contributed by atoms with van der Waals surface area (Å²) < 4.78 is 16.4. The summed E-state index contributed by atoms with van der Waals surface area (Å²) in [4.78, 5) is 0. The zero-order chi connectivity index (χ0) is 14.0. The van der Waals surface area contributed by atoms with Gasteiger partial charge in [0.25, 0.3) is 0 Å². The van der Waals surface area contributed by atoms with Crippen molar-refractivity contribution in [1.29, 1.82) is 0 Å². The molecule has 0 bridgehead atoms. The van der Waals surface area contributed by atoms with Crippen LogP contribution in [-0.2, 0) is 14.2 Å². The Morgan fingerprint density at radius 3 is 2.58 bits per heavy atom. The average molecular weight is 276 g/mol. The Balaban J connectivity index is 1.78. The normalized spacial score (nSPS) is 48.2. The first kappa shape index (κ1) is 15.2. The first-order valence-electron chi connectivity index (χ1n) is 6.90. The molecule has 0 saturated carbocycles. The standard InChI is InChI=1S/C13H24O6/c1-7-3-9(19-11(15)4-7)5-17-13-8(2)12(16)10(14)6-18-13/h7-16H,3-6H2,1-2H3/t7-,8+,9-,10-,11+,12+,13+/m0/s1. The van der Waals surface area contributed by atoms with E-state index >= 15 is 0 Å². The zero-order valence-electron chi connectivity index (χ0n) is 11.4. The zero-order valence-corrected chi connectivity index (χ0v) is 11.4. The molecule has 2 saturated heterocycles. The lowest BCUT2D eigenvalue weighted by molar-refractivity contribution is -0.265. The maximum Gasteiger partial charge on any atom is 0.162 e. The van der Waals surface area contributed by atoms with E-state index in [1.807, 2.05) is 0 Å². The fraction of sp³-hybridized carbons (Fsp3) is 1.00. The maximum atomic E-state index is 9.76. The summed E-state index contributed by atoms with van der Waals surface area (Å²) in [5.74, 6) is 0.101. The molecule has 2 aliphatic rings. The van der Waals surface area contributed by atoms with E-state index in [0.717, 1.165) is 6.42 Å². The minimum absolute atomic E-state index is 0.0702. The second-order valence-corrected chi connectivity index (χ2v) is 5.74. The van der Waals surface area contributed by atoms with Crippen molar-refractivity contribution in [2.24, 2.45) is 11.8 Å². The summed E-state index contributed by atoms with van der Waals surface area (Å²) in [6, 6.07) is 0. The first-order chi connectivity index (χ1) is 8.97. The van der Waals surface area contributed by atoms with Crippen LogP contribution in [0, 0.1) is 11.8 Å². The summed E-state index contributed by atoms with van der Waals surface area (Å²) in [5, 5.41) is 28.8. The van der Waals surface area contributed by atoms with Crippen LogP contribution >= 0.6 is 0 Å². The van der Waals surface area contributed by atoms with Gasteiger partial charge in [0.05, 0.1) is 25.4 Å². The summed E-state index contributed by atoms with van der Waals surface area (Å²) >= 11 is 0. The smallest absolute Gasteiger partial charge is 0.162 e. The van der Waals surface area contributed by atoms with Gasteiger partial charge in [0, 0.05) is 12.3 Å². The van der Waals surface area contributed by atoms with E-state index in [0.29, 0.717) is 18.9 Å². The molecule has 0 amide bonds. The Kier molecular flexibility index (Phi) is 5.16. The third kappa shape index (κ3) is 3.87. The molecule has 2 heterocycles. The lowest BCUT2D eigenvalue weighted by Gasteiger charge is -2.37. The van der Waals surface area contributed by atoms with Gasteiger partial charge < -0.3 is 29.5 Å². The Morgan fingerprint density at radius 2 is 1.89 bits per heavy atom. The molecule has 0 unspecified atom stereocenters. The molecule has 6 nitrogen and oxygen atoms in total. The van der Waals surface area contributed by atoms with E-state index in [2.05, 4.69) is 6.92 Å². The van der Waals surface area contributed by atoms with Gasteiger partial charge in [-0.3, -0.25) is 0 Å². The van der Waals surface area contributed by atoms with Gasteiger partial charge in [-0.25, -0.2) is 0 Å². The fourth-order valence-electron chi connectivity index (χ4n) is 2.69. The Hall–Kier alpha value is -0.240. The molecule has 19 heavy (non-hydrogen) atoms. The number of aliphatic hydroxyl groups is 3. The Morgan fingerprint density at radius 1 is 1.16 bits per heavy atom. The molecule has 0 radical (unpaired) electrons. The highest BCUT2D eigenvalue weighted by atomic mass is 16.7. The van der Waals surface area contributed by atoms with E-state index in [-0.39, 0.29) is 18.6 Å². The lowest BCUT2D eigenvalue weighted by atomic mass is 9.96. The van der Waals surface area contributed by atoms with Crippen LogP contribution < -0.4 is 0 Å². The summed E-state index contributed by atoms with van der Waals surface area (Å²) in [5.41, 5.74) is 0. The van der Waals surface area contributed by atoms with E-state index in [9.17, 15) is 15.3 Å². The van der Waals surface area contributed by atoms with Crippen molar-refractivity contribution in [3.05, 3.63) is 0 Å². The largest absolute Gasteiger partial charge is 0.390 e. The van der Waals surface area contributed by atoms with E-state index < -0.39 is 24.8 Å². The molecule has 0 aromatic rings. The molecule has 7 atom stereocenters. The van der Waals surface area contributed by atoms with Gasteiger partial charge in [-0.1, -0.05) is 13.8 Å². The third-order valence-electron chi connectivity index (χ3n) is 3.86. The number of rotatable bonds is 3. The SMILES string of the molecule is C[C@H]1C[C@@H](CO[C@@H]2OC[C@H](O)[C@H](O)[C@H]2C)O[C@@H](O)C1. The predicted molar refractivity (Wildman–Crippen MR) is 66.1 cm³/mol. The molecule has 0 aromatic carbocycles. The first-order valence-corrected chi connectivity index (χ1v) is 6.90. The molecule has 6 heteroatoms. The minimum atomic E-state index is -0.859. The van der Waals surface area contributed by atoms with Gasteiger partial charge in [-0.2, -0.15) is 0 Å². The summed E-state index contributed by atoms with van der Waals surface area (Å²) in [7, 11) is 0. The number of hydrogen-bond acceptors (Lipinski definition) is 6. The van der Waals surface area contributed by atoms with Gasteiger partial charge >= 0.3 is 0 Å². The molecule has 0 spiro atoms. The quantitative estimate of drug-likeness (QED) is 0.664. The van der Waals surface area contributed by atoms with Crippen LogP contribution in [0.25, 0.3) is 0 Å². The van der Waals surface area contributed by atoms with E-state index in [4.69, 9.17) is 14.2 Å². The van der Waals surface area contributed by atoms with Crippen molar-refractivity contribution in [1.82, 2.24) is 0 Å². The molecule has 2 fully saturated rings. The van der Waals surface area contributed by atoms with Crippen molar-refractivity contribution in [2.45, 2.75) is 57.6 Å². The van der Waals surface area contributed by atoms with Crippen LogP contribution in [-0.4, -0.2) is 59.4 Å². The molecular formula is C13H24O6. The van der Waals surface area contributed by atoms with Crippen LogP contribution in [0.4, 0.5) is 0 Å². The predicted octanol–water partition coefficient (Wildman–Crippen LogP) is -0.149. The second-order valence-electron chi connectivity index (χ2n) is 5.74. The molecule has 0 aliphatic carbocycles. The topological polar surface area (TPSA) is 88.4 Å². The highest BCUT2D eigenvalue weighted by Crippen LogP contribution is 2.26. The molecule has 2 rings (SSSR count). The van der Waals surface area contributed by atoms with Crippen molar-refractivity contribution < 1.29 is 29.5 Å². The highest BCUT2D eigenvalue weighted by Gasteiger charge is 2.37. The van der Waals surface area contributed by atoms with E-state index in [1.165, 1.54) is 0 Å². The Bertz CT molecular complexity index is 276. The minimum Gasteiger partial charge on any atom is -0.390 e. The average Bonchev–Trinajstić information content (AvgIpc) is 2.34. The van der Waals surface area contributed by atoms with Crippen LogP contribution in [0.5, 0.6) is 0 Å². The molecule has 2 aliphatic heterocycles. The monoisotopic (exact) mass is 276 g/mol. The van der Waals surface area contributed by atoms with Crippen LogP contribution in [0.2, 0.25) is 0 Å². The van der Waals surface area contributed by atoms with Gasteiger partial charge in [0.2, 0.25) is 0 Å². The van der Waals surface area contributed by atoms with Crippen molar-refractivity contribution >= 4 is 0 Å². The number of aliphatic hydroxyl groups excluding tert-OH is 3. The summed E-state index contributed by atoms with van der Waals surface area (Å²) in [6.07, 6.45) is -1.64. The molecule has 0 aromatic heterocycles. The number of hydrogen-bond donors (Lipinski definition) is 3. The van der Waals surface area contributed by atoms with Gasteiger partial charge in [-0.05, 0) is 12.3 Å². The van der Waals surface area contributed by atoms with Crippen molar-refractivity contribution in [3.63, 3.8) is 0 Å². The summed E-state index contributed by atoms with van der Waals surface area (Å²) in [6.45, 7) is 4.23. The van der Waals surface area contributed by atoms with E-state index in [1.54, 1.807) is 6.92 Å². The van der Waals surface area contributed by atoms with Crippen LogP contribution in [0.1, 0.15) is 26.7 Å². The van der Waals surface area contributed by atoms with Gasteiger partial charge in [0.1, 0.15) is 6.10 Å². The number of ether oxygens (including phenoxy) is 3. The third-order valence-corrected chi connectivity index (χ3v) is 3.86. The maximum absolute atomic E-state index is 9.76. The van der Waals surface area contributed by atoms with Gasteiger partial charge in [-0.15, -0.1) is 0 Å². The van der Waals surface area contributed by atoms with Gasteiger partial charge in [0.15, 0.2) is 12.6 Å². The molecule has 3 N–H and O–H groups in total. The van der Waals surface area contributed by atoms with Crippen LogP contribution in [0.15, 0.2) is 0 Å².